The van der Waals surface area contributed by atoms with E-state index in [-0.39, 0.29) is 5.91 Å². The van der Waals surface area contributed by atoms with Crippen molar-refractivity contribution in [2.45, 2.75) is 25.9 Å². The number of carbonyl (C=O) groups is 1. The molecule has 1 aromatic heterocycles. The van der Waals surface area contributed by atoms with E-state index >= 15 is 0 Å². The number of rotatable bonds is 7. The topological polar surface area (TPSA) is 87.0 Å². The Bertz CT molecular complexity index is 1440. The predicted octanol–water partition coefficient (Wildman–Crippen LogP) is 5.37. The van der Waals surface area contributed by atoms with Gasteiger partial charge in [-0.2, -0.15) is 0 Å². The normalized spacial score (nSPS) is 16.4. The molecule has 0 fully saturated rings. The molecule has 1 N–H and O–H groups in total. The standard InChI is InChI=1S/C29H27NO6/c1-17(2)16-34-21-12-8-18(9-13-21)24-25-26(22-6-4-5-7-23(22)35-29(25)32)36-27(24)28(31)30-19-10-14-20(33-3)15-11-19/h4-15,17,24,27H,16H2,1-3H3,(H,30,31)/t24-,27-/m1/s1. The molecule has 7 heteroatoms. The molecule has 4 aromatic rings. The molecule has 0 bridgehead atoms. The van der Waals surface area contributed by atoms with Gasteiger partial charge in [0.1, 0.15) is 22.8 Å². The highest BCUT2D eigenvalue weighted by molar-refractivity contribution is 5.97. The molecule has 0 unspecified atom stereocenters. The molecule has 0 spiro atoms. The largest absolute Gasteiger partial charge is 0.497 e. The molecular formula is C29H27NO6. The summed E-state index contributed by atoms with van der Waals surface area (Å²) in [5.41, 5.74) is 1.57. The van der Waals surface area contributed by atoms with Crippen LogP contribution in [0, 0.1) is 5.92 Å². The van der Waals surface area contributed by atoms with E-state index in [0.717, 1.165) is 11.3 Å². The summed E-state index contributed by atoms with van der Waals surface area (Å²) in [6, 6.07) is 21.6. The van der Waals surface area contributed by atoms with Gasteiger partial charge in [-0.3, -0.25) is 4.79 Å². The summed E-state index contributed by atoms with van der Waals surface area (Å²) in [5, 5.41) is 3.55. The molecular weight excluding hydrogens is 458 g/mol. The smallest absolute Gasteiger partial charge is 0.344 e. The lowest BCUT2D eigenvalue weighted by Crippen LogP contribution is -2.35. The maximum Gasteiger partial charge on any atom is 0.344 e. The number of nitrogens with one attached hydrogen (secondary N) is 1. The highest BCUT2D eigenvalue weighted by atomic mass is 16.5. The van der Waals surface area contributed by atoms with Gasteiger partial charge in [-0.05, 0) is 60.0 Å². The van der Waals surface area contributed by atoms with Crippen LogP contribution < -0.4 is 25.2 Å². The molecule has 3 aromatic carbocycles. The molecule has 2 heterocycles. The monoisotopic (exact) mass is 485 g/mol. The summed E-state index contributed by atoms with van der Waals surface area (Å²) >= 11 is 0. The van der Waals surface area contributed by atoms with Crippen LogP contribution in [0.2, 0.25) is 0 Å². The van der Waals surface area contributed by atoms with Gasteiger partial charge >= 0.3 is 5.63 Å². The van der Waals surface area contributed by atoms with Crippen molar-refractivity contribution in [2.24, 2.45) is 5.92 Å². The number of carbonyl (C=O) groups excluding carboxylic acids is 1. The lowest BCUT2D eigenvalue weighted by Gasteiger charge is -2.19. The first-order valence-electron chi connectivity index (χ1n) is 11.8. The molecule has 1 aliphatic heterocycles. The Hall–Kier alpha value is -4.26. The highest BCUT2D eigenvalue weighted by Gasteiger charge is 2.44. The Labute approximate surface area is 208 Å². The van der Waals surface area contributed by atoms with E-state index in [1.54, 1.807) is 43.5 Å². The van der Waals surface area contributed by atoms with Gasteiger partial charge in [-0.1, -0.05) is 38.1 Å². The molecule has 7 nitrogen and oxygen atoms in total. The average molecular weight is 486 g/mol. The van der Waals surface area contributed by atoms with Crippen molar-refractivity contribution in [1.82, 2.24) is 0 Å². The van der Waals surface area contributed by atoms with Crippen LogP contribution in [0.1, 0.15) is 30.9 Å². The summed E-state index contributed by atoms with van der Waals surface area (Å²) in [6.45, 7) is 4.75. The molecule has 1 aliphatic rings. The van der Waals surface area contributed by atoms with Crippen LogP contribution in [0.15, 0.2) is 82.0 Å². The van der Waals surface area contributed by atoms with Gasteiger partial charge in [0.15, 0.2) is 6.10 Å². The Morgan fingerprint density at radius 2 is 1.67 bits per heavy atom. The fraction of sp³-hybridized carbons (Fsp3) is 0.241. The van der Waals surface area contributed by atoms with Crippen LogP contribution >= 0.6 is 0 Å². The average Bonchev–Trinajstić information content (AvgIpc) is 3.30. The van der Waals surface area contributed by atoms with Gasteiger partial charge in [0.25, 0.3) is 5.91 Å². The maximum absolute atomic E-state index is 13.5. The molecule has 184 valence electrons. The summed E-state index contributed by atoms with van der Waals surface area (Å²) in [4.78, 5) is 26.6. The Balaban J connectivity index is 1.53. The van der Waals surface area contributed by atoms with Crippen LogP contribution in [0.3, 0.4) is 0 Å². The molecule has 5 rings (SSSR count). The van der Waals surface area contributed by atoms with Crippen LogP contribution in [0.4, 0.5) is 5.69 Å². The van der Waals surface area contributed by atoms with E-state index < -0.39 is 17.6 Å². The van der Waals surface area contributed by atoms with Crippen molar-refractivity contribution >= 4 is 22.6 Å². The third kappa shape index (κ3) is 4.52. The fourth-order valence-corrected chi connectivity index (χ4v) is 4.35. The number of para-hydroxylation sites is 1. The van der Waals surface area contributed by atoms with Crippen molar-refractivity contribution < 1.29 is 23.4 Å². The number of hydrogen-bond donors (Lipinski definition) is 1. The van der Waals surface area contributed by atoms with Gasteiger partial charge in [-0.15, -0.1) is 0 Å². The van der Waals surface area contributed by atoms with Crippen molar-refractivity contribution in [3.63, 3.8) is 0 Å². The van der Waals surface area contributed by atoms with E-state index in [4.69, 9.17) is 18.6 Å². The minimum Gasteiger partial charge on any atom is -0.497 e. The third-order valence-corrected chi connectivity index (χ3v) is 6.10. The number of methoxy groups -OCH3 is 1. The number of ether oxygens (including phenoxy) is 3. The molecule has 0 saturated heterocycles. The van der Waals surface area contributed by atoms with Crippen molar-refractivity contribution in [2.75, 3.05) is 19.0 Å². The second-order valence-electron chi connectivity index (χ2n) is 9.14. The molecule has 0 aliphatic carbocycles. The van der Waals surface area contributed by atoms with Gasteiger partial charge in [0.05, 0.1) is 30.6 Å². The number of anilines is 1. The first-order valence-corrected chi connectivity index (χ1v) is 11.8. The predicted molar refractivity (Wildman–Crippen MR) is 137 cm³/mol. The minimum absolute atomic E-state index is 0.333. The molecule has 1 amide bonds. The van der Waals surface area contributed by atoms with Gasteiger partial charge in [-0.25, -0.2) is 4.79 Å². The third-order valence-electron chi connectivity index (χ3n) is 6.10. The molecule has 2 atom stereocenters. The number of fused-ring (bicyclic) bond motifs is 3. The lowest BCUT2D eigenvalue weighted by atomic mass is 9.88. The summed E-state index contributed by atoms with van der Waals surface area (Å²) < 4.78 is 22.8. The van der Waals surface area contributed by atoms with Crippen LogP contribution in [-0.4, -0.2) is 25.7 Å². The van der Waals surface area contributed by atoms with Crippen molar-refractivity contribution in [3.8, 4) is 17.2 Å². The zero-order valence-electron chi connectivity index (χ0n) is 20.3. The first-order chi connectivity index (χ1) is 17.4. The fourth-order valence-electron chi connectivity index (χ4n) is 4.35. The maximum atomic E-state index is 13.5. The van der Waals surface area contributed by atoms with Crippen LogP contribution in [0.25, 0.3) is 11.0 Å². The SMILES string of the molecule is COc1ccc(NC(=O)[C@@H]2Oc3c(c(=O)oc4ccccc34)[C@H]2c2ccc(OCC(C)C)cc2)cc1. The highest BCUT2D eigenvalue weighted by Crippen LogP contribution is 2.44. The van der Waals surface area contributed by atoms with E-state index in [2.05, 4.69) is 19.2 Å². The Morgan fingerprint density at radius 1 is 0.972 bits per heavy atom. The zero-order chi connectivity index (χ0) is 25.2. The molecule has 36 heavy (non-hydrogen) atoms. The summed E-state index contributed by atoms with van der Waals surface area (Å²) in [6.07, 6.45) is -0.974. The first kappa shape index (κ1) is 23.5. The molecule has 0 radical (unpaired) electrons. The summed E-state index contributed by atoms with van der Waals surface area (Å²) in [5.74, 6) is 1.14. The van der Waals surface area contributed by atoms with Gasteiger partial charge in [0.2, 0.25) is 0 Å². The van der Waals surface area contributed by atoms with Crippen LogP contribution in [0.5, 0.6) is 17.2 Å². The quantitative estimate of drug-likeness (QED) is 0.354. The second kappa shape index (κ2) is 9.77. The van der Waals surface area contributed by atoms with Crippen LogP contribution in [-0.2, 0) is 4.79 Å². The number of amides is 1. The Morgan fingerprint density at radius 3 is 2.36 bits per heavy atom. The number of benzene rings is 3. The number of hydrogen-bond acceptors (Lipinski definition) is 6. The minimum atomic E-state index is -0.974. The van der Waals surface area contributed by atoms with E-state index in [0.29, 0.717) is 46.2 Å². The Kier molecular flexibility index (Phi) is 6.38. The summed E-state index contributed by atoms with van der Waals surface area (Å²) in [7, 11) is 1.58. The second-order valence-corrected chi connectivity index (χ2v) is 9.14. The lowest BCUT2D eigenvalue weighted by molar-refractivity contribution is -0.122. The zero-order valence-corrected chi connectivity index (χ0v) is 20.3. The van der Waals surface area contributed by atoms with E-state index in [9.17, 15) is 9.59 Å². The molecule has 0 saturated carbocycles. The van der Waals surface area contributed by atoms with Gasteiger partial charge < -0.3 is 23.9 Å². The van der Waals surface area contributed by atoms with Crippen molar-refractivity contribution in [1.29, 1.82) is 0 Å². The van der Waals surface area contributed by atoms with Crippen molar-refractivity contribution in [3.05, 3.63) is 94.3 Å². The van der Waals surface area contributed by atoms with E-state index in [1.807, 2.05) is 36.4 Å². The van der Waals surface area contributed by atoms with Gasteiger partial charge in [0, 0.05) is 5.69 Å². The van der Waals surface area contributed by atoms with E-state index in [1.165, 1.54) is 0 Å².